The average molecular weight is 223 g/mol. The summed E-state index contributed by atoms with van der Waals surface area (Å²) in [5, 5.41) is 9.80. The zero-order valence-electron chi connectivity index (χ0n) is 9.00. The van der Waals surface area contributed by atoms with Crippen LogP contribution in [0, 0.1) is 5.82 Å². The monoisotopic (exact) mass is 223 g/mol. The van der Waals surface area contributed by atoms with Gasteiger partial charge < -0.3 is 15.8 Å². The second-order valence-corrected chi connectivity index (χ2v) is 4.22. The molecular formula is C11H14FN3O. The molecular weight excluding hydrogens is 209 g/mol. The Labute approximate surface area is 92.3 Å². The summed E-state index contributed by atoms with van der Waals surface area (Å²) in [5.41, 5.74) is 5.74. The minimum Gasteiger partial charge on any atom is -0.388 e. The SMILES string of the molecule is CC(O)(CN)Cc1nc2ccc(F)cc2[nH]1. The fourth-order valence-corrected chi connectivity index (χ4v) is 1.55. The van der Waals surface area contributed by atoms with Crippen LogP contribution in [0.25, 0.3) is 11.0 Å². The third-order valence-corrected chi connectivity index (χ3v) is 2.48. The molecule has 0 aliphatic heterocycles. The van der Waals surface area contributed by atoms with E-state index in [1.807, 2.05) is 0 Å². The number of fused-ring (bicyclic) bond motifs is 1. The van der Waals surface area contributed by atoms with Crippen LogP contribution in [0.4, 0.5) is 4.39 Å². The normalized spacial score (nSPS) is 15.2. The summed E-state index contributed by atoms with van der Waals surface area (Å²) in [7, 11) is 0. The number of aliphatic hydroxyl groups is 1. The van der Waals surface area contributed by atoms with E-state index in [4.69, 9.17) is 5.73 Å². The van der Waals surface area contributed by atoms with Gasteiger partial charge in [-0.25, -0.2) is 9.37 Å². The summed E-state index contributed by atoms with van der Waals surface area (Å²) in [6.45, 7) is 1.79. The Morgan fingerprint density at radius 2 is 2.31 bits per heavy atom. The van der Waals surface area contributed by atoms with E-state index >= 15 is 0 Å². The average Bonchev–Trinajstić information content (AvgIpc) is 2.58. The van der Waals surface area contributed by atoms with Crippen LogP contribution in [-0.2, 0) is 6.42 Å². The van der Waals surface area contributed by atoms with Crippen molar-refractivity contribution in [2.45, 2.75) is 18.9 Å². The second kappa shape index (κ2) is 3.84. The highest BCUT2D eigenvalue weighted by molar-refractivity contribution is 5.74. The van der Waals surface area contributed by atoms with E-state index in [9.17, 15) is 9.50 Å². The first-order chi connectivity index (χ1) is 7.50. The van der Waals surface area contributed by atoms with E-state index < -0.39 is 5.60 Å². The van der Waals surface area contributed by atoms with Crippen molar-refractivity contribution >= 4 is 11.0 Å². The number of nitrogens with zero attached hydrogens (tertiary/aromatic N) is 1. The maximum absolute atomic E-state index is 12.9. The number of aromatic amines is 1. The number of rotatable bonds is 3. The molecule has 0 radical (unpaired) electrons. The molecule has 2 rings (SSSR count). The van der Waals surface area contributed by atoms with Crippen molar-refractivity contribution in [1.29, 1.82) is 0 Å². The predicted octanol–water partition coefficient (Wildman–Crippen LogP) is 0.954. The lowest BCUT2D eigenvalue weighted by molar-refractivity contribution is 0.0678. The molecule has 0 saturated carbocycles. The fourth-order valence-electron chi connectivity index (χ4n) is 1.55. The van der Waals surface area contributed by atoms with Gasteiger partial charge in [0.2, 0.25) is 0 Å². The molecule has 0 fully saturated rings. The molecule has 4 N–H and O–H groups in total. The van der Waals surface area contributed by atoms with E-state index in [1.165, 1.54) is 12.1 Å². The standard InChI is InChI=1S/C11H14FN3O/c1-11(16,6-13)5-10-14-8-3-2-7(12)4-9(8)15-10/h2-4,16H,5-6,13H2,1H3,(H,14,15). The van der Waals surface area contributed by atoms with Crippen LogP contribution in [0.3, 0.4) is 0 Å². The Balaban J connectivity index is 2.33. The molecule has 1 atom stereocenters. The molecule has 1 aromatic carbocycles. The van der Waals surface area contributed by atoms with Gasteiger partial charge in [0.25, 0.3) is 0 Å². The predicted molar refractivity (Wildman–Crippen MR) is 59.4 cm³/mol. The molecule has 0 spiro atoms. The summed E-state index contributed by atoms with van der Waals surface area (Å²) < 4.78 is 12.9. The number of H-pyrrole nitrogens is 1. The number of hydrogen-bond acceptors (Lipinski definition) is 3. The molecule has 1 heterocycles. The van der Waals surface area contributed by atoms with Gasteiger partial charge in [0.05, 0.1) is 16.6 Å². The molecule has 0 saturated heterocycles. The molecule has 16 heavy (non-hydrogen) atoms. The first-order valence-corrected chi connectivity index (χ1v) is 5.07. The highest BCUT2D eigenvalue weighted by Crippen LogP contribution is 2.16. The van der Waals surface area contributed by atoms with Crippen molar-refractivity contribution in [3.63, 3.8) is 0 Å². The van der Waals surface area contributed by atoms with Crippen LogP contribution in [-0.4, -0.2) is 27.2 Å². The van der Waals surface area contributed by atoms with E-state index in [-0.39, 0.29) is 12.4 Å². The van der Waals surface area contributed by atoms with E-state index in [2.05, 4.69) is 9.97 Å². The van der Waals surface area contributed by atoms with Crippen molar-refractivity contribution in [2.75, 3.05) is 6.54 Å². The highest BCUT2D eigenvalue weighted by Gasteiger charge is 2.20. The number of halogens is 1. The number of imidazole rings is 1. The van der Waals surface area contributed by atoms with Crippen LogP contribution in [0.2, 0.25) is 0 Å². The van der Waals surface area contributed by atoms with Crippen molar-refractivity contribution in [1.82, 2.24) is 9.97 Å². The van der Waals surface area contributed by atoms with Crippen LogP contribution in [0.1, 0.15) is 12.7 Å². The summed E-state index contributed by atoms with van der Waals surface area (Å²) in [4.78, 5) is 7.21. The van der Waals surface area contributed by atoms with Crippen molar-refractivity contribution in [3.05, 3.63) is 29.8 Å². The number of nitrogens with two attached hydrogens (primary N) is 1. The Morgan fingerprint density at radius 1 is 1.56 bits per heavy atom. The van der Waals surface area contributed by atoms with Crippen molar-refractivity contribution < 1.29 is 9.50 Å². The second-order valence-electron chi connectivity index (χ2n) is 4.22. The van der Waals surface area contributed by atoms with Crippen LogP contribution < -0.4 is 5.73 Å². The zero-order chi connectivity index (χ0) is 11.8. The minimum atomic E-state index is -0.994. The minimum absolute atomic E-state index is 0.151. The lowest BCUT2D eigenvalue weighted by Gasteiger charge is -2.18. The van der Waals surface area contributed by atoms with Gasteiger partial charge in [-0.2, -0.15) is 0 Å². The van der Waals surface area contributed by atoms with Crippen molar-refractivity contribution in [2.24, 2.45) is 5.73 Å². The summed E-state index contributed by atoms with van der Waals surface area (Å²) in [6, 6.07) is 4.33. The smallest absolute Gasteiger partial charge is 0.125 e. The van der Waals surface area contributed by atoms with E-state index in [1.54, 1.807) is 13.0 Å². The van der Waals surface area contributed by atoms with Gasteiger partial charge in [-0.15, -0.1) is 0 Å². The van der Waals surface area contributed by atoms with Gasteiger partial charge in [-0.3, -0.25) is 0 Å². The maximum Gasteiger partial charge on any atom is 0.125 e. The molecule has 86 valence electrons. The quantitative estimate of drug-likeness (QED) is 0.725. The highest BCUT2D eigenvalue weighted by atomic mass is 19.1. The maximum atomic E-state index is 12.9. The first kappa shape index (κ1) is 11.0. The third kappa shape index (κ3) is 2.20. The molecule has 1 unspecified atom stereocenters. The van der Waals surface area contributed by atoms with E-state index in [0.717, 1.165) is 0 Å². The molecule has 4 nitrogen and oxygen atoms in total. The largest absolute Gasteiger partial charge is 0.388 e. The number of nitrogens with one attached hydrogen (secondary N) is 1. The first-order valence-electron chi connectivity index (χ1n) is 5.07. The number of hydrogen-bond donors (Lipinski definition) is 3. The van der Waals surface area contributed by atoms with Crippen LogP contribution in [0.5, 0.6) is 0 Å². The molecule has 1 aromatic heterocycles. The number of benzene rings is 1. The van der Waals surface area contributed by atoms with Gasteiger partial charge in [0.1, 0.15) is 11.6 Å². The summed E-state index contributed by atoms with van der Waals surface area (Å²) in [6.07, 6.45) is 0.319. The Bertz CT molecular complexity index is 507. The summed E-state index contributed by atoms with van der Waals surface area (Å²) >= 11 is 0. The van der Waals surface area contributed by atoms with E-state index in [0.29, 0.717) is 23.3 Å². The molecule has 0 amide bonds. The number of aromatic nitrogens is 2. The molecule has 0 aliphatic carbocycles. The molecule has 2 aromatic rings. The van der Waals surface area contributed by atoms with Gasteiger partial charge in [-0.05, 0) is 25.1 Å². The zero-order valence-corrected chi connectivity index (χ0v) is 9.00. The Kier molecular flexibility index (Phi) is 2.65. The van der Waals surface area contributed by atoms with Gasteiger partial charge in [0, 0.05) is 13.0 Å². The lowest BCUT2D eigenvalue weighted by Crippen LogP contribution is -2.36. The van der Waals surface area contributed by atoms with Gasteiger partial charge in [-0.1, -0.05) is 0 Å². The van der Waals surface area contributed by atoms with Gasteiger partial charge >= 0.3 is 0 Å². The Morgan fingerprint density at radius 3 is 3.00 bits per heavy atom. The summed E-state index contributed by atoms with van der Waals surface area (Å²) in [5.74, 6) is 0.296. The third-order valence-electron chi connectivity index (χ3n) is 2.48. The molecule has 0 aliphatic rings. The Hall–Kier alpha value is -1.46. The molecule has 5 heteroatoms. The molecule has 0 bridgehead atoms. The van der Waals surface area contributed by atoms with Crippen LogP contribution in [0.15, 0.2) is 18.2 Å². The van der Waals surface area contributed by atoms with Crippen molar-refractivity contribution in [3.8, 4) is 0 Å². The van der Waals surface area contributed by atoms with Gasteiger partial charge in [0.15, 0.2) is 0 Å². The fraction of sp³-hybridized carbons (Fsp3) is 0.364. The lowest BCUT2D eigenvalue weighted by atomic mass is 10.0. The topological polar surface area (TPSA) is 74.9 Å². The van der Waals surface area contributed by atoms with Crippen LogP contribution >= 0.6 is 0 Å².